The van der Waals surface area contributed by atoms with Crippen molar-refractivity contribution in [3.8, 4) is 40.1 Å². The van der Waals surface area contributed by atoms with Crippen molar-refractivity contribution in [1.29, 1.82) is 0 Å². The van der Waals surface area contributed by atoms with E-state index in [2.05, 4.69) is 0 Å². The Labute approximate surface area is 138 Å². The second kappa shape index (κ2) is 5.56. The number of ether oxygens (including phenoxy) is 5. The topological polar surface area (TPSA) is 59.3 Å². The number of fused-ring (bicyclic) bond motifs is 2. The number of methoxy groups -OCH3 is 3. The van der Waals surface area contributed by atoms with E-state index in [1.165, 1.54) is 0 Å². The van der Waals surface area contributed by atoms with E-state index in [-0.39, 0.29) is 6.79 Å². The predicted molar refractivity (Wildman–Crippen MR) is 87.4 cm³/mol. The van der Waals surface area contributed by atoms with Gasteiger partial charge in [-0.2, -0.15) is 0 Å². The minimum absolute atomic E-state index is 0.235. The molecule has 0 saturated carbocycles. The zero-order chi connectivity index (χ0) is 16.7. The van der Waals surface area contributed by atoms with Crippen molar-refractivity contribution in [3.05, 3.63) is 30.5 Å². The molecule has 6 heteroatoms. The highest BCUT2D eigenvalue weighted by molar-refractivity contribution is 5.97. The molecule has 1 aromatic heterocycles. The highest BCUT2D eigenvalue weighted by Gasteiger charge is 2.21. The average molecular weight is 328 g/mol. The van der Waals surface area contributed by atoms with Crippen LogP contribution in [0.4, 0.5) is 0 Å². The van der Waals surface area contributed by atoms with E-state index in [4.69, 9.17) is 28.1 Å². The van der Waals surface area contributed by atoms with Gasteiger partial charge in [0.2, 0.25) is 12.5 Å². The first kappa shape index (κ1) is 14.6. The SMILES string of the molecule is COc1cc(-c2occ3cc4c(cc23)OCO4)cc(OC)c1OC. The molecule has 124 valence electrons. The summed E-state index contributed by atoms with van der Waals surface area (Å²) in [5.41, 5.74) is 0.818. The number of furan rings is 1. The molecule has 1 aliphatic rings. The Bertz CT molecular complexity index is 886. The summed E-state index contributed by atoms with van der Waals surface area (Å²) >= 11 is 0. The molecule has 1 aliphatic heterocycles. The molecular formula is C18H16O6. The van der Waals surface area contributed by atoms with Crippen molar-refractivity contribution in [2.24, 2.45) is 0 Å². The van der Waals surface area contributed by atoms with Gasteiger partial charge in [0.25, 0.3) is 0 Å². The summed E-state index contributed by atoms with van der Waals surface area (Å²) in [5, 5.41) is 1.86. The lowest BCUT2D eigenvalue weighted by Crippen LogP contribution is -1.95. The number of hydrogen-bond acceptors (Lipinski definition) is 6. The van der Waals surface area contributed by atoms with Gasteiger partial charge in [-0.15, -0.1) is 0 Å². The summed E-state index contributed by atoms with van der Waals surface area (Å²) < 4.78 is 32.8. The quantitative estimate of drug-likeness (QED) is 0.725. The van der Waals surface area contributed by atoms with Gasteiger partial charge in [0.15, 0.2) is 23.0 Å². The maximum absolute atomic E-state index is 5.79. The molecule has 0 amide bonds. The number of benzene rings is 2. The summed E-state index contributed by atoms with van der Waals surface area (Å²) in [6, 6.07) is 7.52. The van der Waals surface area contributed by atoms with Crippen LogP contribution in [0.3, 0.4) is 0 Å². The molecule has 2 heterocycles. The van der Waals surface area contributed by atoms with Crippen LogP contribution < -0.4 is 23.7 Å². The number of hydrogen-bond donors (Lipinski definition) is 0. The minimum atomic E-state index is 0.235. The van der Waals surface area contributed by atoms with Crippen molar-refractivity contribution in [1.82, 2.24) is 0 Å². The van der Waals surface area contributed by atoms with E-state index >= 15 is 0 Å². The van der Waals surface area contributed by atoms with Crippen LogP contribution in [0, 0.1) is 0 Å². The van der Waals surface area contributed by atoms with Crippen LogP contribution in [-0.4, -0.2) is 28.1 Å². The fraction of sp³-hybridized carbons (Fsp3) is 0.222. The minimum Gasteiger partial charge on any atom is -0.493 e. The van der Waals surface area contributed by atoms with Gasteiger partial charge in [0, 0.05) is 16.3 Å². The fourth-order valence-electron chi connectivity index (χ4n) is 2.87. The van der Waals surface area contributed by atoms with Crippen LogP contribution in [0.25, 0.3) is 22.1 Å². The van der Waals surface area contributed by atoms with Crippen LogP contribution >= 0.6 is 0 Å². The first-order valence-corrected chi connectivity index (χ1v) is 7.36. The zero-order valence-electron chi connectivity index (χ0n) is 13.5. The van der Waals surface area contributed by atoms with E-state index < -0.39 is 0 Å². The lowest BCUT2D eigenvalue weighted by molar-refractivity contribution is 0.174. The summed E-state index contributed by atoms with van der Waals surface area (Å²) in [4.78, 5) is 0. The smallest absolute Gasteiger partial charge is 0.231 e. The molecule has 0 bridgehead atoms. The van der Waals surface area contributed by atoms with Crippen molar-refractivity contribution in [2.75, 3.05) is 28.1 Å². The largest absolute Gasteiger partial charge is 0.493 e. The Morgan fingerprint density at radius 2 is 1.50 bits per heavy atom. The second-order valence-corrected chi connectivity index (χ2v) is 5.27. The molecule has 4 rings (SSSR count). The molecule has 0 N–H and O–H groups in total. The van der Waals surface area contributed by atoms with Crippen molar-refractivity contribution in [3.63, 3.8) is 0 Å². The summed E-state index contributed by atoms with van der Waals surface area (Å²) in [6.07, 6.45) is 1.69. The van der Waals surface area contributed by atoms with Crippen molar-refractivity contribution < 1.29 is 28.1 Å². The molecular weight excluding hydrogens is 312 g/mol. The van der Waals surface area contributed by atoms with E-state index in [9.17, 15) is 0 Å². The van der Waals surface area contributed by atoms with Crippen molar-refractivity contribution >= 4 is 10.8 Å². The molecule has 24 heavy (non-hydrogen) atoms. The lowest BCUT2D eigenvalue weighted by Gasteiger charge is -2.13. The van der Waals surface area contributed by atoms with Gasteiger partial charge < -0.3 is 28.1 Å². The van der Waals surface area contributed by atoms with Crippen LogP contribution in [0.2, 0.25) is 0 Å². The maximum atomic E-state index is 5.79. The first-order valence-electron chi connectivity index (χ1n) is 7.36. The Hall–Kier alpha value is -3.02. The average Bonchev–Trinajstić information content (AvgIpc) is 3.24. The molecule has 0 radical (unpaired) electrons. The van der Waals surface area contributed by atoms with Crippen molar-refractivity contribution in [2.45, 2.75) is 0 Å². The Balaban J connectivity index is 1.91. The first-order chi connectivity index (χ1) is 11.7. The third kappa shape index (κ3) is 2.11. The number of rotatable bonds is 4. The van der Waals surface area contributed by atoms with E-state index in [1.54, 1.807) is 27.6 Å². The Morgan fingerprint density at radius 1 is 0.833 bits per heavy atom. The van der Waals surface area contributed by atoms with Gasteiger partial charge in [0.05, 0.1) is 27.6 Å². The monoisotopic (exact) mass is 328 g/mol. The van der Waals surface area contributed by atoms with Gasteiger partial charge in [-0.3, -0.25) is 0 Å². The van der Waals surface area contributed by atoms with Crippen LogP contribution in [0.5, 0.6) is 28.7 Å². The van der Waals surface area contributed by atoms with Crippen LogP contribution in [0.1, 0.15) is 0 Å². The molecule has 6 nitrogen and oxygen atoms in total. The van der Waals surface area contributed by atoms with E-state index in [0.29, 0.717) is 28.8 Å². The summed E-state index contributed by atoms with van der Waals surface area (Å²) in [5.74, 6) is 3.80. The summed E-state index contributed by atoms with van der Waals surface area (Å²) in [7, 11) is 4.74. The standard InChI is InChI=1S/C18H16O6/c1-19-15-4-10(5-16(20-2)18(15)21-3)17-12-7-14-13(23-9-24-14)6-11(12)8-22-17/h4-8H,9H2,1-3H3. The highest BCUT2D eigenvalue weighted by atomic mass is 16.7. The Kier molecular flexibility index (Phi) is 3.37. The molecule has 0 fully saturated rings. The fourth-order valence-corrected chi connectivity index (χ4v) is 2.87. The lowest BCUT2D eigenvalue weighted by atomic mass is 10.1. The van der Waals surface area contributed by atoms with Crippen LogP contribution in [0.15, 0.2) is 34.9 Å². The second-order valence-electron chi connectivity index (χ2n) is 5.27. The molecule has 3 aromatic rings. The summed E-state index contributed by atoms with van der Waals surface area (Å²) in [6.45, 7) is 0.235. The van der Waals surface area contributed by atoms with Gasteiger partial charge in [0.1, 0.15) is 5.76 Å². The van der Waals surface area contributed by atoms with Gasteiger partial charge in [-0.25, -0.2) is 0 Å². The molecule has 2 aromatic carbocycles. The molecule has 0 unspecified atom stereocenters. The van der Waals surface area contributed by atoms with E-state index in [0.717, 1.165) is 22.1 Å². The van der Waals surface area contributed by atoms with Crippen LogP contribution in [-0.2, 0) is 0 Å². The van der Waals surface area contributed by atoms with E-state index in [1.807, 2.05) is 24.3 Å². The molecule has 0 saturated heterocycles. The highest BCUT2D eigenvalue weighted by Crippen LogP contribution is 2.45. The normalized spacial score (nSPS) is 12.5. The Morgan fingerprint density at radius 3 is 2.12 bits per heavy atom. The maximum Gasteiger partial charge on any atom is 0.231 e. The molecule has 0 spiro atoms. The van der Waals surface area contributed by atoms with Gasteiger partial charge >= 0.3 is 0 Å². The van der Waals surface area contributed by atoms with Gasteiger partial charge in [-0.05, 0) is 24.3 Å². The predicted octanol–water partition coefficient (Wildman–Crippen LogP) is 3.85. The molecule has 0 atom stereocenters. The molecule has 0 aliphatic carbocycles. The third-order valence-electron chi connectivity index (χ3n) is 4.02. The third-order valence-corrected chi connectivity index (χ3v) is 4.02. The zero-order valence-corrected chi connectivity index (χ0v) is 13.5. The van der Waals surface area contributed by atoms with Gasteiger partial charge in [-0.1, -0.05) is 0 Å².